The summed E-state index contributed by atoms with van der Waals surface area (Å²) in [6, 6.07) is 6.14. The lowest BCUT2D eigenvalue weighted by Gasteiger charge is -2.09. The molecule has 1 saturated carbocycles. The van der Waals surface area contributed by atoms with Gasteiger partial charge in [0.15, 0.2) is 5.82 Å². The van der Waals surface area contributed by atoms with Crippen molar-refractivity contribution in [2.24, 2.45) is 0 Å². The molecule has 1 fully saturated rings. The van der Waals surface area contributed by atoms with Gasteiger partial charge >= 0.3 is 0 Å². The van der Waals surface area contributed by atoms with Crippen LogP contribution in [0.15, 0.2) is 22.7 Å². The Kier molecular flexibility index (Phi) is 2.43. The molecule has 2 aromatic rings. The average Bonchev–Trinajstić information content (AvgIpc) is 3.06. The standard InChI is InChI=1S/C12H13BrN4/c1-7-2-5-9(13)6-10(7)17-11(8-3-4-8)12(14)15-16-17/h2,5-6,8H,3-4,14H2,1H3. The van der Waals surface area contributed by atoms with E-state index in [1.807, 2.05) is 10.7 Å². The maximum absolute atomic E-state index is 5.90. The molecule has 0 unspecified atom stereocenters. The molecule has 1 aliphatic carbocycles. The molecule has 5 heteroatoms. The first-order chi connectivity index (χ1) is 8.16. The van der Waals surface area contributed by atoms with Crippen LogP contribution in [0.2, 0.25) is 0 Å². The number of hydrogen-bond acceptors (Lipinski definition) is 3. The fourth-order valence-corrected chi connectivity index (χ4v) is 2.38. The summed E-state index contributed by atoms with van der Waals surface area (Å²) in [7, 11) is 0. The van der Waals surface area contributed by atoms with E-state index in [9.17, 15) is 0 Å². The zero-order valence-electron chi connectivity index (χ0n) is 9.52. The van der Waals surface area contributed by atoms with E-state index in [1.54, 1.807) is 0 Å². The van der Waals surface area contributed by atoms with E-state index in [1.165, 1.54) is 18.4 Å². The van der Waals surface area contributed by atoms with Crippen LogP contribution in [0.5, 0.6) is 0 Å². The van der Waals surface area contributed by atoms with Crippen LogP contribution < -0.4 is 5.73 Å². The third-order valence-electron chi connectivity index (χ3n) is 3.10. The van der Waals surface area contributed by atoms with Gasteiger partial charge in [-0.25, -0.2) is 4.68 Å². The Balaban J connectivity index is 2.17. The molecule has 0 atom stereocenters. The predicted octanol–water partition coefficient (Wildman–Crippen LogP) is 2.80. The second kappa shape index (κ2) is 3.84. The number of benzene rings is 1. The van der Waals surface area contributed by atoms with Crippen LogP contribution in [0, 0.1) is 6.92 Å². The number of anilines is 1. The van der Waals surface area contributed by atoms with Crippen LogP contribution in [0.25, 0.3) is 5.69 Å². The van der Waals surface area contributed by atoms with Gasteiger partial charge in [0, 0.05) is 10.4 Å². The number of nitrogen functional groups attached to an aromatic ring is 1. The first-order valence-corrected chi connectivity index (χ1v) is 6.43. The first-order valence-electron chi connectivity index (χ1n) is 5.64. The molecule has 1 aliphatic rings. The zero-order chi connectivity index (χ0) is 12.0. The maximum atomic E-state index is 5.90. The number of rotatable bonds is 2. The van der Waals surface area contributed by atoms with Gasteiger partial charge in [0.1, 0.15) is 0 Å². The molecule has 88 valence electrons. The van der Waals surface area contributed by atoms with E-state index in [0.717, 1.165) is 15.9 Å². The number of aryl methyl sites for hydroxylation is 1. The van der Waals surface area contributed by atoms with Gasteiger partial charge in [-0.2, -0.15) is 0 Å². The second-order valence-electron chi connectivity index (χ2n) is 4.48. The Morgan fingerprint density at radius 3 is 2.88 bits per heavy atom. The third kappa shape index (κ3) is 1.84. The van der Waals surface area contributed by atoms with Crippen molar-refractivity contribution in [3.05, 3.63) is 33.9 Å². The van der Waals surface area contributed by atoms with Crippen molar-refractivity contribution in [3.8, 4) is 5.69 Å². The molecule has 0 aliphatic heterocycles. The van der Waals surface area contributed by atoms with E-state index in [2.05, 4.69) is 45.3 Å². The molecule has 1 aromatic carbocycles. The first kappa shape index (κ1) is 10.8. The van der Waals surface area contributed by atoms with E-state index in [0.29, 0.717) is 11.7 Å². The third-order valence-corrected chi connectivity index (χ3v) is 3.59. The lowest BCUT2D eigenvalue weighted by molar-refractivity contribution is 0.759. The summed E-state index contributed by atoms with van der Waals surface area (Å²) in [5, 5.41) is 8.17. The van der Waals surface area contributed by atoms with Crippen LogP contribution in [0.1, 0.15) is 30.0 Å². The smallest absolute Gasteiger partial charge is 0.169 e. The van der Waals surface area contributed by atoms with Crippen molar-refractivity contribution < 1.29 is 0 Å². The summed E-state index contributed by atoms with van der Waals surface area (Å²) in [6.45, 7) is 2.07. The van der Waals surface area contributed by atoms with Gasteiger partial charge in [0.2, 0.25) is 0 Å². The fraction of sp³-hybridized carbons (Fsp3) is 0.333. The molecule has 17 heavy (non-hydrogen) atoms. The Labute approximate surface area is 108 Å². The average molecular weight is 293 g/mol. The Morgan fingerprint density at radius 2 is 2.18 bits per heavy atom. The monoisotopic (exact) mass is 292 g/mol. The van der Waals surface area contributed by atoms with Crippen LogP contribution in [0.4, 0.5) is 5.82 Å². The molecule has 3 rings (SSSR count). The minimum Gasteiger partial charge on any atom is -0.381 e. The van der Waals surface area contributed by atoms with Crippen molar-refractivity contribution in [2.45, 2.75) is 25.7 Å². The van der Waals surface area contributed by atoms with Gasteiger partial charge in [0.25, 0.3) is 0 Å². The summed E-state index contributed by atoms with van der Waals surface area (Å²) >= 11 is 3.48. The largest absolute Gasteiger partial charge is 0.381 e. The summed E-state index contributed by atoms with van der Waals surface area (Å²) in [5.41, 5.74) is 9.18. The number of nitrogens with zero attached hydrogens (tertiary/aromatic N) is 3. The van der Waals surface area contributed by atoms with Crippen molar-refractivity contribution in [1.29, 1.82) is 0 Å². The number of halogens is 1. The summed E-state index contributed by atoms with van der Waals surface area (Å²) in [4.78, 5) is 0. The molecule has 4 nitrogen and oxygen atoms in total. The topological polar surface area (TPSA) is 56.7 Å². The molecule has 0 amide bonds. The quantitative estimate of drug-likeness (QED) is 0.926. The van der Waals surface area contributed by atoms with E-state index in [4.69, 9.17) is 5.73 Å². The van der Waals surface area contributed by atoms with Crippen molar-refractivity contribution >= 4 is 21.7 Å². The summed E-state index contributed by atoms with van der Waals surface area (Å²) < 4.78 is 2.92. The Hall–Kier alpha value is -1.36. The highest BCUT2D eigenvalue weighted by atomic mass is 79.9. The van der Waals surface area contributed by atoms with Gasteiger partial charge in [-0.15, -0.1) is 5.10 Å². The van der Waals surface area contributed by atoms with Crippen molar-refractivity contribution in [3.63, 3.8) is 0 Å². The van der Waals surface area contributed by atoms with Crippen molar-refractivity contribution in [2.75, 3.05) is 5.73 Å². The number of aromatic nitrogens is 3. The SMILES string of the molecule is Cc1ccc(Br)cc1-n1nnc(N)c1C1CC1. The van der Waals surface area contributed by atoms with Crippen LogP contribution >= 0.6 is 15.9 Å². The minimum absolute atomic E-state index is 0.531. The summed E-state index contributed by atoms with van der Waals surface area (Å²) in [6.07, 6.45) is 2.37. The molecule has 0 saturated heterocycles. The highest BCUT2D eigenvalue weighted by Crippen LogP contribution is 2.43. The lowest BCUT2D eigenvalue weighted by Crippen LogP contribution is -2.04. The Morgan fingerprint density at radius 1 is 1.41 bits per heavy atom. The van der Waals surface area contributed by atoms with Gasteiger partial charge in [0.05, 0.1) is 11.4 Å². The normalized spacial score (nSPS) is 15.2. The van der Waals surface area contributed by atoms with E-state index >= 15 is 0 Å². The molecule has 0 spiro atoms. The van der Waals surface area contributed by atoms with Crippen LogP contribution in [-0.2, 0) is 0 Å². The molecule has 1 heterocycles. The van der Waals surface area contributed by atoms with Gasteiger partial charge in [-0.1, -0.05) is 27.2 Å². The highest BCUT2D eigenvalue weighted by molar-refractivity contribution is 9.10. The molecular weight excluding hydrogens is 280 g/mol. The minimum atomic E-state index is 0.531. The second-order valence-corrected chi connectivity index (χ2v) is 5.39. The van der Waals surface area contributed by atoms with Crippen molar-refractivity contribution in [1.82, 2.24) is 15.0 Å². The zero-order valence-corrected chi connectivity index (χ0v) is 11.1. The predicted molar refractivity (Wildman–Crippen MR) is 70.2 cm³/mol. The highest BCUT2D eigenvalue weighted by Gasteiger charge is 2.31. The fourth-order valence-electron chi connectivity index (χ4n) is 2.03. The molecule has 1 aromatic heterocycles. The van der Waals surface area contributed by atoms with Crippen LogP contribution in [-0.4, -0.2) is 15.0 Å². The number of nitrogens with two attached hydrogens (primary N) is 1. The van der Waals surface area contributed by atoms with Crippen LogP contribution in [0.3, 0.4) is 0 Å². The maximum Gasteiger partial charge on any atom is 0.169 e. The van der Waals surface area contributed by atoms with Gasteiger partial charge in [-0.3, -0.25) is 0 Å². The lowest BCUT2D eigenvalue weighted by atomic mass is 10.2. The molecular formula is C12H13BrN4. The molecule has 0 bridgehead atoms. The summed E-state index contributed by atoms with van der Waals surface area (Å²) in [5.74, 6) is 1.09. The van der Waals surface area contributed by atoms with Gasteiger partial charge < -0.3 is 5.73 Å². The Bertz CT molecular complexity index is 572. The van der Waals surface area contributed by atoms with E-state index in [-0.39, 0.29) is 0 Å². The van der Waals surface area contributed by atoms with E-state index < -0.39 is 0 Å². The van der Waals surface area contributed by atoms with Gasteiger partial charge in [-0.05, 0) is 37.5 Å². The molecule has 2 N–H and O–H groups in total. The molecule has 0 radical (unpaired) electrons. The number of hydrogen-bond donors (Lipinski definition) is 1.